The Labute approximate surface area is 201 Å². The smallest absolute Gasteiger partial charge is 0.218 e. The van der Waals surface area contributed by atoms with E-state index in [1.54, 1.807) is 10.5 Å². The first kappa shape index (κ1) is 23.2. The summed E-state index contributed by atoms with van der Waals surface area (Å²) in [4.78, 5) is 6.51. The highest BCUT2D eigenvalue weighted by Gasteiger charge is 2.50. The van der Waals surface area contributed by atoms with Crippen LogP contribution in [-0.2, 0) is 15.8 Å². The van der Waals surface area contributed by atoms with Gasteiger partial charge in [-0.1, -0.05) is 60.7 Å². The van der Waals surface area contributed by atoms with Crippen molar-refractivity contribution in [3.05, 3.63) is 90.3 Å². The van der Waals surface area contributed by atoms with Crippen molar-refractivity contribution in [3.63, 3.8) is 0 Å². The molecule has 3 atom stereocenters. The second-order valence-corrected chi connectivity index (χ2v) is 11.2. The van der Waals surface area contributed by atoms with Crippen LogP contribution in [0.25, 0.3) is 11.1 Å². The van der Waals surface area contributed by atoms with Gasteiger partial charge in [0.05, 0.1) is 12.4 Å². The van der Waals surface area contributed by atoms with E-state index >= 15 is 0 Å². The van der Waals surface area contributed by atoms with Gasteiger partial charge in [-0.15, -0.1) is 0 Å². The number of aliphatic hydroxyl groups is 1. The normalized spacial score (nSPS) is 24.0. The van der Waals surface area contributed by atoms with Crippen LogP contribution in [0.15, 0.2) is 79.1 Å². The first-order chi connectivity index (χ1) is 16.6. The molecular formula is C27H31N3O3S. The summed E-state index contributed by atoms with van der Waals surface area (Å²) in [5.41, 5.74) is 4.12. The van der Waals surface area contributed by atoms with Crippen molar-refractivity contribution in [3.8, 4) is 11.1 Å². The molecule has 0 unspecified atom stereocenters. The maximum Gasteiger partial charge on any atom is 0.218 e. The monoisotopic (exact) mass is 477 g/mol. The third-order valence-electron chi connectivity index (χ3n) is 7.21. The molecule has 2 aliphatic heterocycles. The molecule has 7 heteroatoms. The maximum atomic E-state index is 13.3. The Kier molecular flexibility index (Phi) is 6.79. The molecular weight excluding hydrogens is 446 g/mol. The molecule has 0 spiro atoms. The predicted octanol–water partition coefficient (Wildman–Crippen LogP) is 3.50. The van der Waals surface area contributed by atoms with Gasteiger partial charge < -0.3 is 5.11 Å². The van der Waals surface area contributed by atoms with Gasteiger partial charge in [-0.3, -0.25) is 9.88 Å². The number of hydrogen-bond donors (Lipinski definition) is 1. The van der Waals surface area contributed by atoms with E-state index in [1.807, 2.05) is 48.7 Å². The predicted molar refractivity (Wildman–Crippen MR) is 134 cm³/mol. The van der Waals surface area contributed by atoms with Gasteiger partial charge in [-0.05, 0) is 47.7 Å². The largest absolute Gasteiger partial charge is 0.395 e. The van der Waals surface area contributed by atoms with Crippen LogP contribution in [0.1, 0.15) is 29.9 Å². The van der Waals surface area contributed by atoms with E-state index in [9.17, 15) is 13.5 Å². The summed E-state index contributed by atoms with van der Waals surface area (Å²) in [6.45, 7) is 1.98. The average Bonchev–Trinajstić information content (AvgIpc) is 2.84. The van der Waals surface area contributed by atoms with Crippen LogP contribution in [0.3, 0.4) is 0 Å². The van der Waals surface area contributed by atoms with Crippen molar-refractivity contribution in [2.75, 3.05) is 26.2 Å². The molecule has 5 rings (SSSR count). The number of hydrogen-bond acceptors (Lipinski definition) is 5. The van der Waals surface area contributed by atoms with E-state index in [-0.39, 0.29) is 30.4 Å². The van der Waals surface area contributed by atoms with E-state index in [0.717, 1.165) is 41.6 Å². The van der Waals surface area contributed by atoms with E-state index < -0.39 is 10.0 Å². The number of aliphatic hydroxyl groups excluding tert-OH is 1. The van der Waals surface area contributed by atoms with Crippen LogP contribution in [0, 0.1) is 0 Å². The quantitative estimate of drug-likeness (QED) is 0.588. The summed E-state index contributed by atoms with van der Waals surface area (Å²) < 4.78 is 28.4. The maximum absolute atomic E-state index is 13.3. The van der Waals surface area contributed by atoms with Crippen molar-refractivity contribution in [1.29, 1.82) is 0 Å². The van der Waals surface area contributed by atoms with E-state index in [0.29, 0.717) is 13.1 Å². The van der Waals surface area contributed by atoms with Crippen LogP contribution in [-0.4, -0.2) is 66.0 Å². The fourth-order valence-electron chi connectivity index (χ4n) is 5.47. The Morgan fingerprint density at radius 3 is 2.38 bits per heavy atom. The molecule has 0 bridgehead atoms. The van der Waals surface area contributed by atoms with Crippen molar-refractivity contribution >= 4 is 10.0 Å². The van der Waals surface area contributed by atoms with Gasteiger partial charge in [0, 0.05) is 43.5 Å². The lowest BCUT2D eigenvalue weighted by Gasteiger charge is -2.57. The number of sulfonamides is 1. The van der Waals surface area contributed by atoms with Gasteiger partial charge in [0.15, 0.2) is 0 Å². The highest BCUT2D eigenvalue weighted by molar-refractivity contribution is 7.88. The lowest BCUT2D eigenvalue weighted by Crippen LogP contribution is -2.67. The van der Waals surface area contributed by atoms with Crippen LogP contribution in [0.2, 0.25) is 0 Å². The van der Waals surface area contributed by atoms with Gasteiger partial charge in [-0.2, -0.15) is 0 Å². The standard InChI is InChI=1S/C27H31N3O3S/c31-19-26-27(23-12-10-22(11-13-23)24-9-6-14-28-17-24)25-18-29(15-4-5-16-30(25)26)34(32,33)20-21-7-2-1-3-8-21/h1-3,6-14,17,25-27,31H,4-5,15-16,18-20H2/t25-,26+,27+/m1/s1. The molecule has 178 valence electrons. The molecule has 0 radical (unpaired) electrons. The molecule has 6 nitrogen and oxygen atoms in total. The summed E-state index contributed by atoms with van der Waals surface area (Å²) in [6.07, 6.45) is 5.37. The molecule has 2 aromatic carbocycles. The van der Waals surface area contributed by atoms with E-state index in [4.69, 9.17) is 0 Å². The number of fused-ring (bicyclic) bond motifs is 1. The highest BCUT2D eigenvalue weighted by Crippen LogP contribution is 2.42. The zero-order chi connectivity index (χ0) is 23.5. The summed E-state index contributed by atoms with van der Waals surface area (Å²) in [5, 5.41) is 10.2. The summed E-state index contributed by atoms with van der Waals surface area (Å²) >= 11 is 0. The number of rotatable bonds is 6. The second-order valence-electron chi connectivity index (χ2n) is 9.25. The zero-order valence-electron chi connectivity index (χ0n) is 19.2. The van der Waals surface area contributed by atoms with E-state index in [1.165, 1.54) is 0 Å². The highest BCUT2D eigenvalue weighted by atomic mass is 32.2. The van der Waals surface area contributed by atoms with E-state index in [2.05, 4.69) is 34.1 Å². The number of aromatic nitrogens is 1. The molecule has 0 aliphatic carbocycles. The minimum atomic E-state index is -3.43. The lowest BCUT2D eigenvalue weighted by molar-refractivity contribution is -0.0554. The molecule has 1 N–H and O–H groups in total. The fraction of sp³-hybridized carbons (Fsp3) is 0.370. The van der Waals surface area contributed by atoms with Gasteiger partial charge >= 0.3 is 0 Å². The zero-order valence-corrected chi connectivity index (χ0v) is 20.0. The minimum Gasteiger partial charge on any atom is -0.395 e. The molecule has 1 aromatic heterocycles. The third-order valence-corrected chi connectivity index (χ3v) is 9.02. The van der Waals surface area contributed by atoms with Crippen molar-refractivity contribution in [2.24, 2.45) is 0 Å². The Balaban J connectivity index is 1.38. The van der Waals surface area contributed by atoms with Gasteiger partial charge in [-0.25, -0.2) is 12.7 Å². The Hall–Kier alpha value is -2.58. The molecule has 2 aliphatic rings. The fourth-order valence-corrected chi connectivity index (χ4v) is 7.05. The first-order valence-electron chi connectivity index (χ1n) is 12.0. The Morgan fingerprint density at radius 2 is 1.68 bits per heavy atom. The average molecular weight is 478 g/mol. The molecule has 2 fully saturated rings. The SMILES string of the molecule is O=S(=O)(Cc1ccccc1)N1CCCCN2[C@H](C1)[C@H](c1ccc(-c3cccnc3)cc1)[C@@H]2CO. The van der Waals surface area contributed by atoms with Crippen LogP contribution in [0.5, 0.6) is 0 Å². The molecule has 0 amide bonds. The third kappa shape index (κ3) is 4.66. The first-order valence-corrected chi connectivity index (χ1v) is 13.6. The number of pyridine rings is 1. The van der Waals surface area contributed by atoms with Crippen molar-refractivity contribution in [2.45, 2.75) is 36.6 Å². The van der Waals surface area contributed by atoms with Crippen molar-refractivity contribution < 1.29 is 13.5 Å². The molecule has 0 saturated carbocycles. The molecule has 3 heterocycles. The topological polar surface area (TPSA) is 73.7 Å². The van der Waals surface area contributed by atoms with Crippen LogP contribution >= 0.6 is 0 Å². The summed E-state index contributed by atoms with van der Waals surface area (Å²) in [7, 11) is -3.43. The van der Waals surface area contributed by atoms with Crippen LogP contribution < -0.4 is 0 Å². The van der Waals surface area contributed by atoms with Crippen molar-refractivity contribution in [1.82, 2.24) is 14.2 Å². The number of nitrogens with zero attached hydrogens (tertiary/aromatic N) is 3. The molecule has 34 heavy (non-hydrogen) atoms. The lowest BCUT2D eigenvalue weighted by atomic mass is 9.74. The van der Waals surface area contributed by atoms with Gasteiger partial charge in [0.25, 0.3) is 0 Å². The summed E-state index contributed by atoms with van der Waals surface area (Å²) in [5.74, 6) is 0.120. The minimum absolute atomic E-state index is 0.0195. The van der Waals surface area contributed by atoms with Gasteiger partial charge in [0.1, 0.15) is 0 Å². The Morgan fingerprint density at radius 1 is 0.912 bits per heavy atom. The van der Waals surface area contributed by atoms with Gasteiger partial charge in [0.2, 0.25) is 10.0 Å². The van der Waals surface area contributed by atoms with Crippen LogP contribution in [0.4, 0.5) is 0 Å². The molecule has 3 aromatic rings. The second kappa shape index (κ2) is 9.96. The summed E-state index contributed by atoms with van der Waals surface area (Å²) in [6, 6.07) is 21.9. The Bertz CT molecular complexity index is 1190. The number of benzene rings is 2. The molecule has 2 saturated heterocycles.